The van der Waals surface area contributed by atoms with Gasteiger partial charge in [0.1, 0.15) is 12.1 Å². The fourth-order valence-corrected chi connectivity index (χ4v) is 4.67. The monoisotopic (exact) mass is 468 g/mol. The largest absolute Gasteiger partial charge is 0.368 e. The molecule has 3 rings (SSSR count). The summed E-state index contributed by atoms with van der Waals surface area (Å²) in [5, 5.41) is 16.5. The van der Waals surface area contributed by atoms with E-state index in [4.69, 9.17) is 10.9 Å². The summed E-state index contributed by atoms with van der Waals surface area (Å²) in [4.78, 5) is 50.3. The molecule has 0 bridgehead atoms. The average Bonchev–Trinajstić information content (AvgIpc) is 2.86. The van der Waals surface area contributed by atoms with Gasteiger partial charge in [0.2, 0.25) is 23.6 Å². The van der Waals surface area contributed by atoms with Gasteiger partial charge in [-0.15, -0.1) is 0 Å². The number of hydrogen-bond acceptors (Lipinski definition) is 5. The summed E-state index contributed by atoms with van der Waals surface area (Å²) in [6, 6.07) is 11.6. The quantitative estimate of drug-likeness (QED) is 0.279. The van der Waals surface area contributed by atoms with Crippen molar-refractivity contribution >= 4 is 34.4 Å². The van der Waals surface area contributed by atoms with Gasteiger partial charge >= 0.3 is 0 Å². The lowest BCUT2D eigenvalue weighted by Gasteiger charge is -2.30. The van der Waals surface area contributed by atoms with Crippen molar-refractivity contribution in [2.75, 3.05) is 0 Å². The standard InChI is InChI=1S/C25H32N4O5/c1-2-20(22(26)30)27-25(33)21(14-16-10-7-9-15-8-3-4-11-17(15)16)28-23(31)18-12-5-6-13-19(18)24(32)29-34/h3-4,7-11,18-21,34H,2,5-6,12-14H2,1H3,(H2,26,30)(H,27,33)(H,28,31)(H,29,32)/t18-,19-,20-,21-/m0/s1. The predicted molar refractivity (Wildman–Crippen MR) is 126 cm³/mol. The van der Waals surface area contributed by atoms with Gasteiger partial charge in [-0.25, -0.2) is 5.48 Å². The molecule has 1 aliphatic rings. The van der Waals surface area contributed by atoms with Crippen molar-refractivity contribution in [2.45, 2.75) is 57.5 Å². The second-order valence-electron chi connectivity index (χ2n) is 8.75. The lowest BCUT2D eigenvalue weighted by Crippen LogP contribution is -2.55. The van der Waals surface area contributed by atoms with Crippen LogP contribution in [-0.4, -0.2) is 40.9 Å². The number of primary amides is 1. The van der Waals surface area contributed by atoms with Crippen LogP contribution in [0.3, 0.4) is 0 Å². The van der Waals surface area contributed by atoms with E-state index >= 15 is 0 Å². The highest BCUT2D eigenvalue weighted by molar-refractivity contribution is 5.94. The molecule has 1 aliphatic carbocycles. The first-order chi connectivity index (χ1) is 16.3. The van der Waals surface area contributed by atoms with Crippen LogP contribution >= 0.6 is 0 Å². The second kappa shape index (κ2) is 11.6. The van der Waals surface area contributed by atoms with E-state index in [-0.39, 0.29) is 6.42 Å². The normalized spacial score (nSPS) is 19.6. The molecule has 0 heterocycles. The molecule has 0 spiro atoms. The maximum Gasteiger partial charge on any atom is 0.247 e. The number of hydrogen-bond donors (Lipinski definition) is 5. The Morgan fingerprint density at radius 1 is 0.941 bits per heavy atom. The van der Waals surface area contributed by atoms with Crippen LogP contribution in [-0.2, 0) is 25.6 Å². The molecular formula is C25H32N4O5. The van der Waals surface area contributed by atoms with Gasteiger partial charge < -0.3 is 16.4 Å². The lowest BCUT2D eigenvalue weighted by molar-refractivity contribution is -0.142. The fraction of sp³-hybridized carbons (Fsp3) is 0.440. The molecule has 34 heavy (non-hydrogen) atoms. The molecule has 9 nitrogen and oxygen atoms in total. The van der Waals surface area contributed by atoms with Crippen LogP contribution in [0, 0.1) is 11.8 Å². The van der Waals surface area contributed by atoms with E-state index in [9.17, 15) is 19.2 Å². The molecule has 0 unspecified atom stereocenters. The molecule has 0 aliphatic heterocycles. The van der Waals surface area contributed by atoms with Gasteiger partial charge in [-0.05, 0) is 35.6 Å². The first-order valence-corrected chi connectivity index (χ1v) is 11.7. The lowest BCUT2D eigenvalue weighted by atomic mass is 9.78. The van der Waals surface area contributed by atoms with Crippen molar-refractivity contribution in [1.82, 2.24) is 16.1 Å². The number of carbonyl (C=O) groups is 4. The molecule has 4 atom stereocenters. The van der Waals surface area contributed by atoms with E-state index in [2.05, 4.69) is 10.6 Å². The zero-order valence-electron chi connectivity index (χ0n) is 19.3. The fourth-order valence-electron chi connectivity index (χ4n) is 4.67. The van der Waals surface area contributed by atoms with Gasteiger partial charge in [0.15, 0.2) is 0 Å². The van der Waals surface area contributed by atoms with E-state index in [0.717, 1.165) is 29.2 Å². The number of nitrogens with one attached hydrogen (secondary N) is 3. The first kappa shape index (κ1) is 25.2. The average molecular weight is 469 g/mol. The zero-order chi connectivity index (χ0) is 24.7. The zero-order valence-corrected chi connectivity index (χ0v) is 19.3. The van der Waals surface area contributed by atoms with Crippen molar-refractivity contribution in [3.8, 4) is 0 Å². The molecule has 182 valence electrons. The Labute approximate surface area is 198 Å². The van der Waals surface area contributed by atoms with Gasteiger partial charge in [-0.1, -0.05) is 62.2 Å². The van der Waals surface area contributed by atoms with Crippen LogP contribution in [0.1, 0.15) is 44.6 Å². The topological polar surface area (TPSA) is 151 Å². The summed E-state index contributed by atoms with van der Waals surface area (Å²) >= 11 is 0. The van der Waals surface area contributed by atoms with Gasteiger partial charge in [-0.2, -0.15) is 0 Å². The number of amides is 4. The summed E-state index contributed by atoms with van der Waals surface area (Å²) in [7, 11) is 0. The third-order valence-electron chi connectivity index (χ3n) is 6.55. The van der Waals surface area contributed by atoms with Crippen LogP contribution in [0.25, 0.3) is 10.8 Å². The third-order valence-corrected chi connectivity index (χ3v) is 6.55. The molecule has 4 amide bonds. The van der Waals surface area contributed by atoms with Crippen molar-refractivity contribution < 1.29 is 24.4 Å². The minimum atomic E-state index is -0.980. The SMILES string of the molecule is CC[C@H](NC(=O)[C@H](Cc1cccc2ccccc12)NC(=O)[C@H]1CCCC[C@@H]1C(=O)NO)C(N)=O. The number of benzene rings is 2. The molecule has 6 N–H and O–H groups in total. The van der Waals surface area contributed by atoms with Crippen LogP contribution < -0.4 is 21.8 Å². The highest BCUT2D eigenvalue weighted by atomic mass is 16.5. The summed E-state index contributed by atoms with van der Waals surface area (Å²) in [5.74, 6) is -3.55. The number of fused-ring (bicyclic) bond motifs is 1. The summed E-state index contributed by atoms with van der Waals surface area (Å²) in [6.45, 7) is 1.73. The van der Waals surface area contributed by atoms with Gasteiger partial charge in [0.05, 0.1) is 5.92 Å². The molecule has 1 saturated carbocycles. The van der Waals surface area contributed by atoms with Gasteiger partial charge in [0.25, 0.3) is 0 Å². The Kier molecular flexibility index (Phi) is 8.59. The Bertz CT molecular complexity index is 1050. The molecule has 2 aromatic carbocycles. The highest BCUT2D eigenvalue weighted by Crippen LogP contribution is 2.30. The van der Waals surface area contributed by atoms with E-state index in [1.54, 1.807) is 12.4 Å². The first-order valence-electron chi connectivity index (χ1n) is 11.7. The molecule has 2 aromatic rings. The van der Waals surface area contributed by atoms with Crippen molar-refractivity contribution in [1.29, 1.82) is 0 Å². The van der Waals surface area contributed by atoms with Crippen molar-refractivity contribution in [2.24, 2.45) is 17.6 Å². The van der Waals surface area contributed by atoms with Crippen molar-refractivity contribution in [3.05, 3.63) is 48.0 Å². The van der Waals surface area contributed by atoms with Crippen molar-refractivity contribution in [3.63, 3.8) is 0 Å². The maximum atomic E-state index is 13.2. The second-order valence-corrected chi connectivity index (χ2v) is 8.75. The molecular weight excluding hydrogens is 436 g/mol. The maximum absolute atomic E-state index is 13.2. The number of hydroxylamine groups is 1. The molecule has 0 saturated heterocycles. The number of nitrogens with two attached hydrogens (primary N) is 1. The Morgan fingerprint density at radius 3 is 2.24 bits per heavy atom. The van der Waals surface area contributed by atoms with E-state index in [1.807, 2.05) is 42.5 Å². The minimum absolute atomic E-state index is 0.192. The summed E-state index contributed by atoms with van der Waals surface area (Å²) in [5.41, 5.74) is 7.91. The molecule has 1 fully saturated rings. The minimum Gasteiger partial charge on any atom is -0.368 e. The van der Waals surface area contributed by atoms with Gasteiger partial charge in [-0.3, -0.25) is 24.4 Å². The number of carbonyl (C=O) groups excluding carboxylic acids is 4. The summed E-state index contributed by atoms with van der Waals surface area (Å²) in [6.07, 6.45) is 3.01. The Hall–Kier alpha value is -3.46. The molecule has 0 radical (unpaired) electrons. The van der Waals surface area contributed by atoms with E-state index < -0.39 is 47.5 Å². The highest BCUT2D eigenvalue weighted by Gasteiger charge is 2.37. The van der Waals surface area contributed by atoms with Crippen LogP contribution in [0.15, 0.2) is 42.5 Å². The smallest absolute Gasteiger partial charge is 0.247 e. The molecule has 9 heteroatoms. The third kappa shape index (κ3) is 5.91. The van der Waals surface area contributed by atoms with Crippen LogP contribution in [0.2, 0.25) is 0 Å². The Balaban J connectivity index is 1.87. The predicted octanol–water partition coefficient (Wildman–Crippen LogP) is 1.56. The van der Waals surface area contributed by atoms with Crippen LogP contribution in [0.4, 0.5) is 0 Å². The summed E-state index contributed by atoms with van der Waals surface area (Å²) < 4.78 is 0. The molecule has 0 aromatic heterocycles. The van der Waals surface area contributed by atoms with E-state index in [0.29, 0.717) is 19.3 Å². The van der Waals surface area contributed by atoms with Gasteiger partial charge in [0, 0.05) is 12.3 Å². The van der Waals surface area contributed by atoms with Crippen LogP contribution in [0.5, 0.6) is 0 Å². The number of rotatable bonds is 9. The Morgan fingerprint density at radius 2 is 1.59 bits per heavy atom. The van der Waals surface area contributed by atoms with E-state index in [1.165, 1.54) is 0 Å².